The summed E-state index contributed by atoms with van der Waals surface area (Å²) in [4.78, 5) is 1.53. The van der Waals surface area contributed by atoms with Gasteiger partial charge in [0.15, 0.2) is 0 Å². The molecule has 0 aliphatic heterocycles. The molecule has 0 N–H and O–H groups in total. The van der Waals surface area contributed by atoms with E-state index in [1.54, 1.807) is 39.0 Å². The third-order valence-corrected chi connectivity index (χ3v) is 36.5. The van der Waals surface area contributed by atoms with Gasteiger partial charge < -0.3 is 0 Å². The van der Waals surface area contributed by atoms with E-state index in [9.17, 15) is 0 Å². The van der Waals surface area contributed by atoms with E-state index in [-0.39, 0.29) is 0 Å². The number of aryl methyl sites for hydroxylation is 3. The molecule has 0 nitrogen and oxygen atoms in total. The molecule has 0 fully saturated rings. The summed E-state index contributed by atoms with van der Waals surface area (Å²) in [5.74, 6) is 0. The minimum atomic E-state index is -2.55. The Morgan fingerprint density at radius 3 is 0.864 bits per heavy atom. The molecule has 0 radical (unpaired) electrons. The van der Waals surface area contributed by atoms with Crippen LogP contribution in [0.15, 0.2) is 12.1 Å². The third kappa shape index (κ3) is 24.9. The van der Waals surface area contributed by atoms with E-state index in [2.05, 4.69) is 76.3 Å². The molecule has 0 atom stereocenters. The Labute approximate surface area is 426 Å². The van der Waals surface area contributed by atoms with E-state index in [1.807, 2.05) is 8.46 Å². The van der Waals surface area contributed by atoms with Gasteiger partial charge in [-0.25, -0.2) is 0 Å². The molecule has 2 aromatic heterocycles. The van der Waals surface area contributed by atoms with Gasteiger partial charge in [-0.1, -0.05) is 162 Å². The fraction of sp³-hybridized carbons (Fsp3) is 0.841. The zero-order valence-electron chi connectivity index (χ0n) is 45.7. The third-order valence-electron chi connectivity index (χ3n) is 15.9. The molecule has 0 aliphatic carbocycles. The molecule has 3 rings (SSSR count). The summed E-state index contributed by atoms with van der Waals surface area (Å²) in [5, 5.41) is 3.40. The van der Waals surface area contributed by atoms with Crippen molar-refractivity contribution in [2.45, 2.75) is 337 Å². The first-order chi connectivity index (χ1) is 32.5. The molecular weight excluding hydrogens is 940 g/mol. The second kappa shape index (κ2) is 40.5. The molecule has 3 aromatic rings. The number of benzene rings is 1. The van der Waals surface area contributed by atoms with Crippen LogP contribution in [0.3, 0.4) is 0 Å². The maximum atomic E-state index is 2.91. The number of unbranched alkanes of at least 4 members (excludes halogenated alkanes) is 37. The Balaban J connectivity index is 1.56. The molecule has 3 heteroatoms. The van der Waals surface area contributed by atoms with E-state index < -0.39 is 18.4 Å². The van der Waals surface area contributed by atoms with Gasteiger partial charge in [-0.2, -0.15) is 0 Å². The normalized spacial score (nSPS) is 12.2. The van der Waals surface area contributed by atoms with Gasteiger partial charge in [-0.05, 0) is 0 Å². The summed E-state index contributed by atoms with van der Waals surface area (Å²) in [5.41, 5.74) is 3.59. The van der Waals surface area contributed by atoms with Gasteiger partial charge in [-0.15, -0.1) is 0 Å². The zero-order chi connectivity index (χ0) is 47.2. The predicted octanol–water partition coefficient (Wildman–Crippen LogP) is 23.6. The van der Waals surface area contributed by atoms with E-state index in [0.29, 0.717) is 0 Å². The fourth-order valence-corrected chi connectivity index (χ4v) is 33.0. The van der Waals surface area contributed by atoms with Gasteiger partial charge in [0.1, 0.15) is 0 Å². The van der Waals surface area contributed by atoms with Gasteiger partial charge in [-0.3, -0.25) is 0 Å². The van der Waals surface area contributed by atoms with Gasteiger partial charge >= 0.3 is 268 Å². The van der Waals surface area contributed by atoms with Crippen LogP contribution in [-0.4, -0.2) is 18.4 Å². The molecule has 1 aromatic carbocycles. The van der Waals surface area contributed by atoms with E-state index in [4.69, 9.17) is 0 Å². The summed E-state index contributed by atoms with van der Waals surface area (Å²) in [6.07, 6.45) is 63.4. The first-order valence-corrected chi connectivity index (χ1v) is 39.6. The summed E-state index contributed by atoms with van der Waals surface area (Å²) in [6, 6.07) is 5.54. The van der Waals surface area contributed by atoms with Crippen molar-refractivity contribution < 1.29 is 0 Å². The average molecular weight is 1050 g/mol. The Bertz CT molecular complexity index is 1520. The standard InChI is InChI=1S/C51H87S2.3C4H9.Sn/c1-4-6-8-10-12-14-16-18-20-22-24-26-28-30-32-34-36-38-40-46-47(49-44-45(3)53-51(49)50-48(46)42-43-52-50)41-39-37-35-33-31-29-27-25-23-21-19-17-15-13-11-9-7-5-2;3*1-3-4-2;/h42,44H,4-41H2,1-3H3;3*1,3-4H2,2H3;. The SMILES string of the molecule is CCCCCCCCCCCCCCCCCCCCc1c(CCCCCCCCCCCCCCCCCCCC)c2c[c]([Sn]([CH2]CCC)([CH2]CCC)[CH2]CCC)sc2c2sc(C)cc12. The molecule has 0 saturated carbocycles. The molecule has 382 valence electrons. The van der Waals surface area contributed by atoms with Crippen molar-refractivity contribution in [3.8, 4) is 0 Å². The topological polar surface area (TPSA) is 0 Å². The van der Waals surface area contributed by atoms with E-state index in [0.717, 1.165) is 0 Å². The summed E-state index contributed by atoms with van der Waals surface area (Å²) < 4.78 is 10.1. The van der Waals surface area contributed by atoms with E-state index >= 15 is 0 Å². The van der Waals surface area contributed by atoms with Crippen molar-refractivity contribution in [2.75, 3.05) is 0 Å². The second-order valence-corrected chi connectivity index (χ2v) is 38.5. The molecule has 0 saturated heterocycles. The van der Waals surface area contributed by atoms with Gasteiger partial charge in [0.05, 0.1) is 0 Å². The van der Waals surface area contributed by atoms with Gasteiger partial charge in [0, 0.05) is 0 Å². The number of hydrogen-bond acceptors (Lipinski definition) is 2. The number of fused-ring (bicyclic) bond motifs is 3. The number of thiophene rings is 2. The zero-order valence-corrected chi connectivity index (χ0v) is 50.2. The van der Waals surface area contributed by atoms with Crippen LogP contribution in [0.2, 0.25) is 13.3 Å². The number of hydrogen-bond donors (Lipinski definition) is 0. The number of rotatable bonds is 48. The van der Waals surface area contributed by atoms with Gasteiger partial charge in [0.25, 0.3) is 0 Å². The van der Waals surface area contributed by atoms with Crippen LogP contribution >= 0.6 is 22.7 Å². The van der Waals surface area contributed by atoms with Crippen LogP contribution < -0.4 is 2.89 Å². The monoisotopic (exact) mass is 1050 g/mol. The van der Waals surface area contributed by atoms with Crippen LogP contribution in [0.5, 0.6) is 0 Å². The summed E-state index contributed by atoms with van der Waals surface area (Å²) >= 11 is 1.93. The van der Waals surface area contributed by atoms with E-state index in [1.165, 1.54) is 287 Å². The van der Waals surface area contributed by atoms with Gasteiger partial charge in [0.2, 0.25) is 0 Å². The van der Waals surface area contributed by atoms with Crippen molar-refractivity contribution in [2.24, 2.45) is 0 Å². The van der Waals surface area contributed by atoms with Crippen LogP contribution in [0.25, 0.3) is 20.2 Å². The first-order valence-electron chi connectivity index (χ1n) is 30.5. The molecular formula is C63H114S2Sn. The van der Waals surface area contributed by atoms with Crippen molar-refractivity contribution in [3.63, 3.8) is 0 Å². The molecule has 0 spiro atoms. The Morgan fingerprint density at radius 1 is 0.303 bits per heavy atom. The molecule has 0 amide bonds. The Morgan fingerprint density at radius 2 is 0.561 bits per heavy atom. The van der Waals surface area contributed by atoms with Crippen LogP contribution in [0, 0.1) is 6.92 Å². The minimum absolute atomic E-state index is 1.30. The Hall–Kier alpha value is -0.0613. The fourth-order valence-electron chi connectivity index (χ4n) is 11.5. The quantitative estimate of drug-likeness (QED) is 0.0391. The second-order valence-electron chi connectivity index (χ2n) is 22.0. The van der Waals surface area contributed by atoms with Crippen molar-refractivity contribution >= 4 is 64.1 Å². The van der Waals surface area contributed by atoms with Crippen LogP contribution in [-0.2, 0) is 12.8 Å². The maximum absolute atomic E-state index is 2.91. The summed E-state index contributed by atoms with van der Waals surface area (Å²) in [6.45, 7) is 14.4. The molecule has 0 aliphatic rings. The predicted molar refractivity (Wildman–Crippen MR) is 311 cm³/mol. The van der Waals surface area contributed by atoms with Crippen molar-refractivity contribution in [3.05, 3.63) is 28.1 Å². The first kappa shape index (κ1) is 60.2. The molecule has 66 heavy (non-hydrogen) atoms. The van der Waals surface area contributed by atoms with Crippen LogP contribution in [0.1, 0.15) is 320 Å². The van der Waals surface area contributed by atoms with Crippen molar-refractivity contribution in [1.29, 1.82) is 0 Å². The van der Waals surface area contributed by atoms with Crippen molar-refractivity contribution in [1.82, 2.24) is 0 Å². The molecule has 0 bridgehead atoms. The van der Waals surface area contributed by atoms with Crippen LogP contribution in [0.4, 0.5) is 0 Å². The Kier molecular flexibility index (Phi) is 37.0. The molecule has 2 heterocycles. The molecule has 0 unspecified atom stereocenters. The summed E-state index contributed by atoms with van der Waals surface area (Å²) in [7, 11) is 0. The average Bonchev–Trinajstić information content (AvgIpc) is 3.95.